The van der Waals surface area contributed by atoms with Crippen LogP contribution in [0.5, 0.6) is 0 Å². The maximum atomic E-state index is 12.7. The average molecular weight is 290 g/mol. The molecule has 0 aliphatic rings. The number of hydrogen-bond donors (Lipinski definition) is 0. The van der Waals surface area contributed by atoms with Crippen molar-refractivity contribution in [2.24, 2.45) is 0 Å². The Hall–Kier alpha value is -2.94. The lowest BCUT2D eigenvalue weighted by atomic mass is 9.97. The molecule has 0 aliphatic carbocycles. The highest BCUT2D eigenvalue weighted by Crippen LogP contribution is 2.23. The van der Waals surface area contributed by atoms with Gasteiger partial charge in [-0.3, -0.25) is 9.59 Å². The highest BCUT2D eigenvalue weighted by atomic mass is 16.3. The van der Waals surface area contributed by atoms with E-state index in [4.69, 9.17) is 4.42 Å². The van der Waals surface area contributed by atoms with Gasteiger partial charge in [-0.05, 0) is 12.5 Å². The van der Waals surface area contributed by atoms with E-state index in [0.717, 1.165) is 0 Å². The van der Waals surface area contributed by atoms with Crippen LogP contribution in [0.15, 0.2) is 71.3 Å². The first-order chi connectivity index (χ1) is 10.7. The molecule has 0 saturated carbocycles. The molecular formula is C19H14O3. The monoisotopic (exact) mass is 290 g/mol. The number of carbonyl (C=O) groups is 2. The summed E-state index contributed by atoms with van der Waals surface area (Å²) in [4.78, 5) is 25.2. The topological polar surface area (TPSA) is 47.3 Å². The third-order valence-corrected chi connectivity index (χ3v) is 3.48. The van der Waals surface area contributed by atoms with Gasteiger partial charge in [0.05, 0.1) is 11.8 Å². The third-order valence-electron chi connectivity index (χ3n) is 3.48. The molecule has 0 unspecified atom stereocenters. The van der Waals surface area contributed by atoms with Crippen molar-refractivity contribution in [1.82, 2.24) is 0 Å². The first-order valence-corrected chi connectivity index (χ1v) is 6.96. The summed E-state index contributed by atoms with van der Waals surface area (Å²) in [6, 6.07) is 17.7. The quantitative estimate of drug-likeness (QED) is 0.681. The molecule has 0 spiro atoms. The van der Waals surface area contributed by atoms with Gasteiger partial charge in [0.2, 0.25) is 5.78 Å². The smallest absolute Gasteiger partial charge is 0.228 e. The SMILES string of the molecule is Cc1coc(C(=O)c2ccccc2)c1C(=O)c1ccccc1. The van der Waals surface area contributed by atoms with Crippen molar-refractivity contribution in [2.75, 3.05) is 0 Å². The molecule has 108 valence electrons. The lowest BCUT2D eigenvalue weighted by Crippen LogP contribution is -2.09. The molecule has 0 bridgehead atoms. The zero-order valence-electron chi connectivity index (χ0n) is 12.1. The van der Waals surface area contributed by atoms with E-state index in [1.54, 1.807) is 55.5 Å². The van der Waals surface area contributed by atoms with Gasteiger partial charge in [-0.15, -0.1) is 0 Å². The first-order valence-electron chi connectivity index (χ1n) is 6.96. The van der Waals surface area contributed by atoms with Crippen LogP contribution in [-0.4, -0.2) is 11.6 Å². The minimum atomic E-state index is -0.284. The van der Waals surface area contributed by atoms with Crippen LogP contribution in [0.1, 0.15) is 37.6 Å². The number of benzene rings is 2. The molecule has 0 N–H and O–H groups in total. The second-order valence-corrected chi connectivity index (χ2v) is 5.01. The van der Waals surface area contributed by atoms with Crippen LogP contribution in [0.4, 0.5) is 0 Å². The van der Waals surface area contributed by atoms with Crippen molar-refractivity contribution in [2.45, 2.75) is 6.92 Å². The summed E-state index contributed by atoms with van der Waals surface area (Å²) in [7, 11) is 0. The maximum absolute atomic E-state index is 12.7. The number of furan rings is 1. The van der Waals surface area contributed by atoms with E-state index in [1.807, 2.05) is 12.1 Å². The molecule has 3 heteroatoms. The number of aryl methyl sites for hydroxylation is 1. The molecule has 0 amide bonds. The standard InChI is InChI=1S/C19H14O3/c1-13-12-22-19(18(21)15-10-6-3-7-11-15)16(13)17(20)14-8-4-2-5-9-14/h2-12H,1H3. The minimum absolute atomic E-state index is 0.0950. The molecule has 0 aliphatic heterocycles. The summed E-state index contributed by atoms with van der Waals surface area (Å²) in [5, 5.41) is 0. The predicted molar refractivity (Wildman–Crippen MR) is 83.2 cm³/mol. The molecule has 0 atom stereocenters. The van der Waals surface area contributed by atoms with Crippen molar-refractivity contribution in [1.29, 1.82) is 0 Å². The zero-order valence-corrected chi connectivity index (χ0v) is 12.1. The first kappa shape index (κ1) is 14.0. The Balaban J connectivity index is 2.05. The summed E-state index contributed by atoms with van der Waals surface area (Å²) in [6.45, 7) is 1.77. The van der Waals surface area contributed by atoms with Crippen LogP contribution in [0.3, 0.4) is 0 Å². The van der Waals surface area contributed by atoms with Crippen LogP contribution < -0.4 is 0 Å². The van der Waals surface area contributed by atoms with Gasteiger partial charge in [0.15, 0.2) is 11.5 Å². The fourth-order valence-corrected chi connectivity index (χ4v) is 2.35. The average Bonchev–Trinajstić information content (AvgIpc) is 2.96. The molecule has 22 heavy (non-hydrogen) atoms. The van der Waals surface area contributed by atoms with Gasteiger partial charge in [0.25, 0.3) is 0 Å². The van der Waals surface area contributed by atoms with Gasteiger partial charge in [0.1, 0.15) is 0 Å². The van der Waals surface area contributed by atoms with Crippen LogP contribution in [-0.2, 0) is 0 Å². The summed E-state index contributed by atoms with van der Waals surface area (Å²) in [5.74, 6) is -0.392. The van der Waals surface area contributed by atoms with Crippen molar-refractivity contribution in [3.05, 3.63) is 94.9 Å². The predicted octanol–water partition coefficient (Wildman–Crippen LogP) is 4.05. The Morgan fingerprint density at radius 3 is 1.82 bits per heavy atom. The van der Waals surface area contributed by atoms with Gasteiger partial charge in [-0.2, -0.15) is 0 Å². The maximum Gasteiger partial charge on any atom is 0.228 e. The molecule has 0 fully saturated rings. The Labute approximate surface area is 128 Å². The van der Waals surface area contributed by atoms with E-state index in [9.17, 15) is 9.59 Å². The lowest BCUT2D eigenvalue weighted by Gasteiger charge is -2.03. The number of ketones is 2. The van der Waals surface area contributed by atoms with Crippen LogP contribution in [0.25, 0.3) is 0 Å². The Bertz CT molecular complexity index is 814. The Morgan fingerprint density at radius 2 is 1.27 bits per heavy atom. The third kappa shape index (κ3) is 2.49. The highest BCUT2D eigenvalue weighted by Gasteiger charge is 2.25. The second kappa shape index (κ2) is 5.82. The number of rotatable bonds is 4. The van der Waals surface area contributed by atoms with Crippen LogP contribution >= 0.6 is 0 Å². The van der Waals surface area contributed by atoms with Crippen molar-refractivity contribution < 1.29 is 14.0 Å². The molecule has 3 rings (SSSR count). The molecule has 2 aromatic carbocycles. The molecule has 3 aromatic rings. The lowest BCUT2D eigenvalue weighted by molar-refractivity contribution is 0.0984. The molecule has 3 nitrogen and oxygen atoms in total. The Morgan fingerprint density at radius 1 is 0.773 bits per heavy atom. The Kier molecular flexibility index (Phi) is 3.71. The summed E-state index contributed by atoms with van der Waals surface area (Å²) in [5.41, 5.74) is 2.03. The fraction of sp³-hybridized carbons (Fsp3) is 0.0526. The van der Waals surface area contributed by atoms with Gasteiger partial charge in [-0.25, -0.2) is 0 Å². The molecule has 0 radical (unpaired) electrons. The fourth-order valence-electron chi connectivity index (χ4n) is 2.35. The van der Waals surface area contributed by atoms with E-state index in [1.165, 1.54) is 6.26 Å². The summed E-state index contributed by atoms with van der Waals surface area (Å²) < 4.78 is 5.38. The van der Waals surface area contributed by atoms with Gasteiger partial charge in [0, 0.05) is 11.1 Å². The second-order valence-electron chi connectivity index (χ2n) is 5.01. The normalized spacial score (nSPS) is 10.4. The molecule has 0 saturated heterocycles. The van der Waals surface area contributed by atoms with E-state index < -0.39 is 0 Å². The van der Waals surface area contributed by atoms with Crippen LogP contribution in [0.2, 0.25) is 0 Å². The van der Waals surface area contributed by atoms with Crippen molar-refractivity contribution >= 4 is 11.6 Å². The van der Waals surface area contributed by atoms with E-state index in [2.05, 4.69) is 0 Å². The van der Waals surface area contributed by atoms with Crippen molar-refractivity contribution in [3.8, 4) is 0 Å². The summed E-state index contributed by atoms with van der Waals surface area (Å²) in [6.07, 6.45) is 1.45. The number of hydrogen-bond acceptors (Lipinski definition) is 3. The van der Waals surface area contributed by atoms with E-state index in [0.29, 0.717) is 22.3 Å². The van der Waals surface area contributed by atoms with E-state index >= 15 is 0 Å². The van der Waals surface area contributed by atoms with Crippen LogP contribution in [0, 0.1) is 6.92 Å². The van der Waals surface area contributed by atoms with Crippen molar-refractivity contribution in [3.63, 3.8) is 0 Å². The van der Waals surface area contributed by atoms with Gasteiger partial charge in [-0.1, -0.05) is 60.7 Å². The largest absolute Gasteiger partial charge is 0.460 e. The van der Waals surface area contributed by atoms with Gasteiger partial charge >= 0.3 is 0 Å². The minimum Gasteiger partial charge on any atom is -0.460 e. The van der Waals surface area contributed by atoms with E-state index in [-0.39, 0.29) is 17.3 Å². The van der Waals surface area contributed by atoms with Gasteiger partial charge < -0.3 is 4.42 Å². The highest BCUT2D eigenvalue weighted by molar-refractivity contribution is 6.19. The summed E-state index contributed by atoms with van der Waals surface area (Å²) >= 11 is 0. The zero-order chi connectivity index (χ0) is 15.5. The molecular weight excluding hydrogens is 276 g/mol. The molecule has 1 heterocycles. The number of carbonyl (C=O) groups excluding carboxylic acids is 2. The molecule has 1 aromatic heterocycles.